The molecule has 2 aromatic carbocycles. The van der Waals surface area contributed by atoms with Gasteiger partial charge >= 0.3 is 5.97 Å². The Kier molecular flexibility index (Phi) is 6.90. The van der Waals surface area contributed by atoms with E-state index in [0.29, 0.717) is 16.5 Å². The van der Waals surface area contributed by atoms with Crippen LogP contribution in [0.25, 0.3) is 0 Å². The van der Waals surface area contributed by atoms with Crippen LogP contribution in [0, 0.1) is 6.92 Å². The summed E-state index contributed by atoms with van der Waals surface area (Å²) in [6, 6.07) is 8.16. The third-order valence-corrected chi connectivity index (χ3v) is 4.21. The summed E-state index contributed by atoms with van der Waals surface area (Å²) < 4.78 is 20.7. The van der Waals surface area contributed by atoms with Gasteiger partial charge in [0.1, 0.15) is 5.56 Å². The molecule has 1 amide bonds. The summed E-state index contributed by atoms with van der Waals surface area (Å²) in [5.41, 5.74) is 1.38. The van der Waals surface area contributed by atoms with Gasteiger partial charge in [0.25, 0.3) is 5.91 Å². The van der Waals surface area contributed by atoms with Crippen LogP contribution in [0.5, 0.6) is 17.2 Å². The smallest absolute Gasteiger partial charge is 0.342 e. The summed E-state index contributed by atoms with van der Waals surface area (Å²) >= 11 is 6.02. The second-order valence-corrected chi connectivity index (χ2v) is 5.83. The molecule has 0 aliphatic rings. The molecule has 0 saturated heterocycles. The van der Waals surface area contributed by atoms with Gasteiger partial charge in [-0.05, 0) is 36.8 Å². The van der Waals surface area contributed by atoms with E-state index in [1.54, 1.807) is 31.2 Å². The molecule has 8 heteroatoms. The van der Waals surface area contributed by atoms with E-state index in [9.17, 15) is 9.59 Å². The van der Waals surface area contributed by atoms with Crippen LogP contribution in [0.3, 0.4) is 0 Å². The molecule has 0 radical (unpaired) electrons. The first-order chi connectivity index (χ1) is 12.9. The van der Waals surface area contributed by atoms with E-state index in [1.807, 2.05) is 0 Å². The first-order valence-electron chi connectivity index (χ1n) is 7.94. The highest BCUT2D eigenvalue weighted by Gasteiger charge is 2.22. The first-order valence-corrected chi connectivity index (χ1v) is 8.31. The topological polar surface area (TPSA) is 83.1 Å². The van der Waals surface area contributed by atoms with Crippen molar-refractivity contribution in [3.8, 4) is 17.2 Å². The SMILES string of the molecule is COc1ccc(C(=O)OCC(=O)Nc2cccc(Cl)c2C)c(OC)c1OC. The molecule has 2 aromatic rings. The zero-order valence-electron chi connectivity index (χ0n) is 15.4. The Hall–Kier alpha value is -2.93. The Labute approximate surface area is 162 Å². The van der Waals surface area contributed by atoms with Gasteiger partial charge in [-0.15, -0.1) is 0 Å². The maximum absolute atomic E-state index is 12.4. The number of benzene rings is 2. The first kappa shape index (κ1) is 20.4. The molecule has 0 aliphatic heterocycles. The number of halogens is 1. The van der Waals surface area contributed by atoms with E-state index in [4.69, 9.17) is 30.5 Å². The van der Waals surface area contributed by atoms with Gasteiger partial charge in [-0.3, -0.25) is 4.79 Å². The van der Waals surface area contributed by atoms with Crippen LogP contribution in [0.15, 0.2) is 30.3 Å². The fourth-order valence-corrected chi connectivity index (χ4v) is 2.57. The van der Waals surface area contributed by atoms with Crippen molar-refractivity contribution in [2.24, 2.45) is 0 Å². The lowest BCUT2D eigenvalue weighted by Gasteiger charge is -2.15. The van der Waals surface area contributed by atoms with Crippen molar-refractivity contribution in [1.29, 1.82) is 0 Å². The lowest BCUT2D eigenvalue weighted by Crippen LogP contribution is -2.21. The van der Waals surface area contributed by atoms with Crippen molar-refractivity contribution in [3.05, 3.63) is 46.5 Å². The fourth-order valence-electron chi connectivity index (χ4n) is 2.40. The normalized spacial score (nSPS) is 10.1. The standard InChI is InChI=1S/C19H20ClNO6/c1-11-13(20)6-5-7-14(11)21-16(22)10-27-19(23)12-8-9-15(24-2)18(26-4)17(12)25-3/h5-9H,10H2,1-4H3,(H,21,22). The Balaban J connectivity index is 2.09. The van der Waals surface area contributed by atoms with Gasteiger partial charge in [0, 0.05) is 10.7 Å². The van der Waals surface area contributed by atoms with Gasteiger partial charge in [-0.2, -0.15) is 0 Å². The highest BCUT2D eigenvalue weighted by Crippen LogP contribution is 2.39. The van der Waals surface area contributed by atoms with Crippen LogP contribution in [-0.4, -0.2) is 39.8 Å². The van der Waals surface area contributed by atoms with Gasteiger partial charge in [0.2, 0.25) is 5.75 Å². The molecule has 7 nitrogen and oxygen atoms in total. The van der Waals surface area contributed by atoms with E-state index >= 15 is 0 Å². The summed E-state index contributed by atoms with van der Waals surface area (Å²) in [5, 5.41) is 3.18. The minimum absolute atomic E-state index is 0.113. The molecule has 144 valence electrons. The maximum Gasteiger partial charge on any atom is 0.342 e. The van der Waals surface area contributed by atoms with Crippen LogP contribution in [0.1, 0.15) is 15.9 Å². The summed E-state index contributed by atoms with van der Waals surface area (Å²) in [5.74, 6) is -0.402. The second kappa shape index (κ2) is 9.14. The highest BCUT2D eigenvalue weighted by atomic mass is 35.5. The monoisotopic (exact) mass is 393 g/mol. The molecule has 0 atom stereocenters. The average molecular weight is 394 g/mol. The van der Waals surface area contributed by atoms with Crippen LogP contribution < -0.4 is 19.5 Å². The summed E-state index contributed by atoms with van der Waals surface area (Å²) in [6.45, 7) is 1.31. The number of esters is 1. The van der Waals surface area contributed by atoms with Crippen molar-refractivity contribution in [3.63, 3.8) is 0 Å². The number of rotatable bonds is 7. The van der Waals surface area contributed by atoms with Gasteiger partial charge in [-0.1, -0.05) is 17.7 Å². The number of amides is 1. The zero-order valence-corrected chi connectivity index (χ0v) is 16.2. The van der Waals surface area contributed by atoms with Crippen molar-refractivity contribution in [2.45, 2.75) is 6.92 Å². The number of carbonyl (C=O) groups excluding carboxylic acids is 2. The van der Waals surface area contributed by atoms with E-state index in [-0.39, 0.29) is 17.1 Å². The summed E-state index contributed by atoms with van der Waals surface area (Å²) in [6.07, 6.45) is 0. The fraction of sp³-hybridized carbons (Fsp3) is 0.263. The number of hydrogen-bond donors (Lipinski definition) is 1. The van der Waals surface area contributed by atoms with Gasteiger partial charge in [0.15, 0.2) is 18.1 Å². The molecule has 2 rings (SSSR count). The molecule has 0 bridgehead atoms. The number of anilines is 1. The van der Waals surface area contributed by atoms with Crippen molar-refractivity contribution >= 4 is 29.2 Å². The summed E-state index contributed by atoms with van der Waals surface area (Å²) in [7, 11) is 4.29. The lowest BCUT2D eigenvalue weighted by atomic mass is 10.1. The van der Waals surface area contributed by atoms with E-state index < -0.39 is 18.5 Å². The number of nitrogens with one attached hydrogen (secondary N) is 1. The molecule has 0 spiro atoms. The Morgan fingerprint density at radius 1 is 1.00 bits per heavy atom. The molecule has 0 heterocycles. The summed E-state index contributed by atoms with van der Waals surface area (Å²) in [4.78, 5) is 24.5. The number of hydrogen-bond acceptors (Lipinski definition) is 6. The second-order valence-electron chi connectivity index (χ2n) is 5.42. The van der Waals surface area contributed by atoms with E-state index in [1.165, 1.54) is 27.4 Å². The number of methoxy groups -OCH3 is 3. The third-order valence-electron chi connectivity index (χ3n) is 3.80. The van der Waals surface area contributed by atoms with Crippen LogP contribution in [0.2, 0.25) is 5.02 Å². The molecule has 0 fully saturated rings. The molecule has 27 heavy (non-hydrogen) atoms. The number of carbonyl (C=O) groups is 2. The highest BCUT2D eigenvalue weighted by molar-refractivity contribution is 6.31. The lowest BCUT2D eigenvalue weighted by molar-refractivity contribution is -0.119. The molecular weight excluding hydrogens is 374 g/mol. The Bertz CT molecular complexity index is 852. The molecule has 0 aromatic heterocycles. The zero-order chi connectivity index (χ0) is 20.0. The van der Waals surface area contributed by atoms with Crippen LogP contribution >= 0.6 is 11.6 Å². The average Bonchev–Trinajstić information content (AvgIpc) is 2.68. The maximum atomic E-state index is 12.4. The van der Waals surface area contributed by atoms with E-state index in [2.05, 4.69) is 5.32 Å². The van der Waals surface area contributed by atoms with Crippen molar-refractivity contribution in [1.82, 2.24) is 0 Å². The molecule has 0 aliphatic carbocycles. The largest absolute Gasteiger partial charge is 0.493 e. The van der Waals surface area contributed by atoms with Gasteiger partial charge in [0.05, 0.1) is 21.3 Å². The Morgan fingerprint density at radius 2 is 1.70 bits per heavy atom. The van der Waals surface area contributed by atoms with E-state index in [0.717, 1.165) is 5.56 Å². The molecule has 1 N–H and O–H groups in total. The third kappa shape index (κ3) is 4.62. The minimum atomic E-state index is -0.731. The van der Waals surface area contributed by atoms with Crippen LogP contribution in [-0.2, 0) is 9.53 Å². The Morgan fingerprint density at radius 3 is 2.33 bits per heavy atom. The van der Waals surface area contributed by atoms with Crippen molar-refractivity contribution < 1.29 is 28.5 Å². The predicted molar refractivity (Wildman–Crippen MR) is 101 cm³/mol. The minimum Gasteiger partial charge on any atom is -0.493 e. The van der Waals surface area contributed by atoms with Gasteiger partial charge < -0.3 is 24.3 Å². The number of ether oxygens (including phenoxy) is 4. The molecule has 0 unspecified atom stereocenters. The molecule has 0 saturated carbocycles. The molecular formula is C19H20ClNO6. The van der Waals surface area contributed by atoms with Crippen LogP contribution in [0.4, 0.5) is 5.69 Å². The van der Waals surface area contributed by atoms with Crippen molar-refractivity contribution in [2.75, 3.05) is 33.3 Å². The quantitative estimate of drug-likeness (QED) is 0.725. The predicted octanol–water partition coefficient (Wildman–Crippen LogP) is 3.47. The van der Waals surface area contributed by atoms with Gasteiger partial charge in [-0.25, -0.2) is 4.79 Å².